The molecule has 13 heavy (non-hydrogen) atoms. The Kier molecular flexibility index (Phi) is 4.66. The van der Waals surface area contributed by atoms with E-state index in [4.69, 9.17) is 9.11 Å². The lowest BCUT2D eigenvalue weighted by molar-refractivity contribution is 0.463. The van der Waals surface area contributed by atoms with Gasteiger partial charge in [-0.25, -0.2) is 0 Å². The van der Waals surface area contributed by atoms with Crippen LogP contribution in [0, 0.1) is 5.92 Å². The minimum atomic E-state index is -4.23. The molecule has 0 aromatic heterocycles. The molecule has 0 rings (SSSR count). The van der Waals surface area contributed by atoms with E-state index >= 15 is 0 Å². The van der Waals surface area contributed by atoms with Crippen LogP contribution in [0.25, 0.3) is 0 Å². The van der Waals surface area contributed by atoms with Crippen LogP contribution in [0.4, 0.5) is 0 Å². The smallest absolute Gasteiger partial charge is 0.265 e. The normalized spacial score (nSPS) is 13.5. The van der Waals surface area contributed by atoms with Crippen molar-refractivity contribution < 1.29 is 25.9 Å². The Hall–Kier alpha value is 0.170. The molecule has 0 aliphatic heterocycles. The summed E-state index contributed by atoms with van der Waals surface area (Å²) in [7, 11) is -8.46. The molecule has 0 atom stereocenters. The lowest BCUT2D eigenvalue weighted by Crippen LogP contribution is -2.24. The van der Waals surface area contributed by atoms with Crippen LogP contribution < -0.4 is 0 Å². The van der Waals surface area contributed by atoms with E-state index in [0.29, 0.717) is 0 Å². The molecule has 0 amide bonds. The molecule has 0 spiro atoms. The average Bonchev–Trinajstić information content (AvgIpc) is 1.79. The molecule has 80 valence electrons. The Morgan fingerprint density at radius 1 is 1.00 bits per heavy atom. The predicted octanol–water partition coefficient (Wildman–Crippen LogP) is -0.692. The molecule has 0 fully saturated rings. The second kappa shape index (κ2) is 4.60. The highest BCUT2D eigenvalue weighted by molar-refractivity contribution is 7.87. The lowest BCUT2D eigenvalue weighted by Gasteiger charge is -2.09. The topological polar surface area (TPSA) is 109 Å². The van der Waals surface area contributed by atoms with Crippen LogP contribution in [-0.4, -0.2) is 43.2 Å². The van der Waals surface area contributed by atoms with Gasteiger partial charge in [-0.15, -0.1) is 0 Å². The largest absolute Gasteiger partial charge is 0.286 e. The summed E-state index contributed by atoms with van der Waals surface area (Å²) >= 11 is 3.69. The van der Waals surface area contributed by atoms with E-state index in [2.05, 4.69) is 12.6 Å². The molecule has 0 heterocycles. The van der Waals surface area contributed by atoms with Crippen molar-refractivity contribution in [1.82, 2.24) is 0 Å². The second-order valence-corrected chi connectivity index (χ2v) is 5.91. The Balaban J connectivity index is 4.39. The molecular formula is C4H10O6S3. The highest BCUT2D eigenvalue weighted by Crippen LogP contribution is 2.06. The van der Waals surface area contributed by atoms with Gasteiger partial charge in [-0.05, 0) is 5.75 Å². The van der Waals surface area contributed by atoms with Crippen LogP contribution in [0.5, 0.6) is 0 Å². The molecule has 6 nitrogen and oxygen atoms in total. The van der Waals surface area contributed by atoms with Crippen LogP contribution in [0.3, 0.4) is 0 Å². The molecule has 0 aromatic carbocycles. The Morgan fingerprint density at radius 2 is 1.31 bits per heavy atom. The highest BCUT2D eigenvalue weighted by Gasteiger charge is 2.21. The van der Waals surface area contributed by atoms with Gasteiger partial charge in [0.1, 0.15) is 0 Å². The fourth-order valence-electron chi connectivity index (χ4n) is 0.749. The van der Waals surface area contributed by atoms with Gasteiger partial charge in [0.25, 0.3) is 20.2 Å². The third kappa shape index (κ3) is 8.50. The maximum Gasteiger partial charge on any atom is 0.265 e. The van der Waals surface area contributed by atoms with Gasteiger partial charge < -0.3 is 0 Å². The van der Waals surface area contributed by atoms with Crippen LogP contribution in [0.2, 0.25) is 0 Å². The Labute approximate surface area is 82.2 Å². The van der Waals surface area contributed by atoms with E-state index in [9.17, 15) is 16.8 Å². The third-order valence-corrected chi connectivity index (χ3v) is 3.45. The van der Waals surface area contributed by atoms with Crippen molar-refractivity contribution in [2.45, 2.75) is 0 Å². The minimum absolute atomic E-state index is 0.0560. The van der Waals surface area contributed by atoms with Crippen molar-refractivity contribution in [3.63, 3.8) is 0 Å². The van der Waals surface area contributed by atoms with Gasteiger partial charge in [0.05, 0.1) is 11.5 Å². The molecule has 0 aliphatic rings. The molecule has 0 radical (unpaired) electrons. The zero-order valence-electron chi connectivity index (χ0n) is 6.49. The maximum absolute atomic E-state index is 10.3. The molecule has 0 aliphatic carbocycles. The van der Waals surface area contributed by atoms with Gasteiger partial charge in [-0.3, -0.25) is 9.11 Å². The third-order valence-electron chi connectivity index (χ3n) is 1.15. The van der Waals surface area contributed by atoms with Crippen molar-refractivity contribution in [1.29, 1.82) is 0 Å². The van der Waals surface area contributed by atoms with Crippen LogP contribution in [0.15, 0.2) is 0 Å². The highest BCUT2D eigenvalue weighted by atomic mass is 32.2. The monoisotopic (exact) mass is 250 g/mol. The number of hydrogen-bond acceptors (Lipinski definition) is 5. The summed E-state index contributed by atoms with van der Waals surface area (Å²) in [6, 6.07) is 0. The van der Waals surface area contributed by atoms with Crippen molar-refractivity contribution in [3.8, 4) is 0 Å². The fourth-order valence-corrected chi connectivity index (χ4v) is 3.17. The lowest BCUT2D eigenvalue weighted by atomic mass is 10.3. The van der Waals surface area contributed by atoms with E-state index < -0.39 is 37.7 Å². The number of hydrogen-bond donors (Lipinski definition) is 3. The first kappa shape index (κ1) is 13.2. The van der Waals surface area contributed by atoms with Gasteiger partial charge in [0, 0.05) is 5.92 Å². The van der Waals surface area contributed by atoms with Crippen molar-refractivity contribution in [2.75, 3.05) is 17.3 Å². The summed E-state index contributed by atoms with van der Waals surface area (Å²) in [6.45, 7) is 0. The van der Waals surface area contributed by atoms with Gasteiger partial charge in [0.2, 0.25) is 0 Å². The van der Waals surface area contributed by atoms with E-state index in [-0.39, 0.29) is 5.75 Å². The van der Waals surface area contributed by atoms with E-state index in [1.54, 1.807) is 0 Å². The first-order chi connectivity index (χ1) is 5.64. The number of rotatable bonds is 5. The van der Waals surface area contributed by atoms with E-state index in [0.717, 1.165) is 0 Å². The molecule has 2 N–H and O–H groups in total. The van der Waals surface area contributed by atoms with E-state index in [1.807, 2.05) is 0 Å². The van der Waals surface area contributed by atoms with Gasteiger partial charge in [-0.2, -0.15) is 29.5 Å². The first-order valence-electron chi connectivity index (χ1n) is 3.15. The van der Waals surface area contributed by atoms with Crippen LogP contribution >= 0.6 is 12.6 Å². The molecule has 0 aromatic rings. The van der Waals surface area contributed by atoms with Crippen molar-refractivity contribution >= 4 is 32.9 Å². The van der Waals surface area contributed by atoms with Crippen LogP contribution in [-0.2, 0) is 20.2 Å². The zero-order valence-corrected chi connectivity index (χ0v) is 9.02. The van der Waals surface area contributed by atoms with Crippen LogP contribution in [0.1, 0.15) is 0 Å². The Bertz CT molecular complexity index is 306. The first-order valence-corrected chi connectivity index (χ1v) is 7.00. The predicted molar refractivity (Wildman–Crippen MR) is 50.2 cm³/mol. The van der Waals surface area contributed by atoms with Gasteiger partial charge >= 0.3 is 0 Å². The summed E-state index contributed by atoms with van der Waals surface area (Å²) in [5, 5.41) is 0. The molecule has 0 saturated carbocycles. The molecule has 9 heteroatoms. The molecule has 0 bridgehead atoms. The van der Waals surface area contributed by atoms with Crippen molar-refractivity contribution in [2.24, 2.45) is 5.92 Å². The molecule has 0 saturated heterocycles. The zero-order chi connectivity index (χ0) is 10.7. The summed E-state index contributed by atoms with van der Waals surface area (Å²) in [4.78, 5) is 0. The minimum Gasteiger partial charge on any atom is -0.286 e. The molecular weight excluding hydrogens is 240 g/mol. The Morgan fingerprint density at radius 3 is 1.46 bits per heavy atom. The molecule has 0 unspecified atom stereocenters. The average molecular weight is 250 g/mol. The quantitative estimate of drug-likeness (QED) is 0.440. The summed E-state index contributed by atoms with van der Waals surface area (Å²) < 4.78 is 58.1. The summed E-state index contributed by atoms with van der Waals surface area (Å²) in [5.41, 5.74) is 0. The SMILES string of the molecule is O=S(=O)(O)CC(CS)CS(=O)(=O)O. The van der Waals surface area contributed by atoms with E-state index in [1.165, 1.54) is 0 Å². The van der Waals surface area contributed by atoms with Crippen molar-refractivity contribution in [3.05, 3.63) is 0 Å². The van der Waals surface area contributed by atoms with Gasteiger partial charge in [0.15, 0.2) is 0 Å². The second-order valence-electron chi connectivity index (χ2n) is 2.55. The maximum atomic E-state index is 10.3. The van der Waals surface area contributed by atoms with Gasteiger partial charge in [-0.1, -0.05) is 0 Å². The fraction of sp³-hybridized carbons (Fsp3) is 1.00. The summed E-state index contributed by atoms with van der Waals surface area (Å²) in [6.07, 6.45) is 0. The summed E-state index contributed by atoms with van der Waals surface area (Å²) in [5.74, 6) is -2.42. The number of thiol groups is 1. The standard InChI is InChI=1S/C4H10O6S3/c5-12(6,7)2-4(1-11)3-13(8,9)10/h4,11H,1-3H2,(H,5,6,7)(H,8,9,10).